The predicted molar refractivity (Wildman–Crippen MR) is 116 cm³/mol. The number of nitrogens with zero attached hydrogens (tertiary/aromatic N) is 3. The van der Waals surface area contributed by atoms with E-state index >= 15 is 0 Å². The maximum atomic E-state index is 13.2. The molecule has 0 radical (unpaired) electrons. The van der Waals surface area contributed by atoms with Gasteiger partial charge in [-0.3, -0.25) is 14.2 Å². The van der Waals surface area contributed by atoms with Crippen molar-refractivity contribution in [3.63, 3.8) is 0 Å². The van der Waals surface area contributed by atoms with E-state index < -0.39 is 17.6 Å². The Labute approximate surface area is 184 Å². The van der Waals surface area contributed by atoms with Gasteiger partial charge >= 0.3 is 6.18 Å². The molecule has 0 aliphatic rings. The lowest BCUT2D eigenvalue weighted by Crippen LogP contribution is -2.23. The molecule has 4 aromatic rings. The average Bonchev–Trinajstić information content (AvgIpc) is 2.78. The molecule has 0 atom stereocenters. The predicted octanol–water partition coefficient (Wildman–Crippen LogP) is 4.53. The van der Waals surface area contributed by atoms with Gasteiger partial charge in [-0.1, -0.05) is 42.1 Å². The van der Waals surface area contributed by atoms with Crippen molar-refractivity contribution in [3.05, 3.63) is 88.8 Å². The largest absolute Gasteiger partial charge is 0.418 e. The SMILES string of the molecule is O=C(CSc1nc2ncccc2c(=O)n1-c1ccccc1)Nc1ccccc1C(F)(F)F. The third-order valence-electron chi connectivity index (χ3n) is 4.47. The zero-order chi connectivity index (χ0) is 22.7. The summed E-state index contributed by atoms with van der Waals surface area (Å²) in [6.07, 6.45) is -3.10. The monoisotopic (exact) mass is 456 g/mol. The fraction of sp³-hybridized carbons (Fsp3) is 0.0909. The summed E-state index contributed by atoms with van der Waals surface area (Å²) < 4.78 is 40.9. The molecular weight excluding hydrogens is 441 g/mol. The van der Waals surface area contributed by atoms with Gasteiger partial charge in [0.15, 0.2) is 10.8 Å². The Morgan fingerprint density at radius 2 is 1.72 bits per heavy atom. The van der Waals surface area contributed by atoms with Crippen LogP contribution in [-0.4, -0.2) is 26.2 Å². The van der Waals surface area contributed by atoms with E-state index in [-0.39, 0.29) is 27.8 Å². The molecule has 1 N–H and O–H groups in total. The minimum Gasteiger partial charge on any atom is -0.325 e. The lowest BCUT2D eigenvalue weighted by molar-refractivity contribution is -0.137. The molecule has 2 aromatic carbocycles. The third-order valence-corrected chi connectivity index (χ3v) is 5.40. The Hall–Kier alpha value is -3.66. The van der Waals surface area contributed by atoms with Crippen molar-refractivity contribution >= 4 is 34.4 Å². The number of alkyl halides is 3. The van der Waals surface area contributed by atoms with E-state index in [1.807, 2.05) is 0 Å². The highest BCUT2D eigenvalue weighted by molar-refractivity contribution is 7.99. The summed E-state index contributed by atoms with van der Waals surface area (Å²) in [6, 6.07) is 16.7. The first kappa shape index (κ1) is 21.6. The highest BCUT2D eigenvalue weighted by atomic mass is 32.2. The van der Waals surface area contributed by atoms with Gasteiger partial charge in [-0.25, -0.2) is 9.97 Å². The molecule has 0 aliphatic heterocycles. The third kappa shape index (κ3) is 4.50. The van der Waals surface area contributed by atoms with Gasteiger partial charge in [0, 0.05) is 6.20 Å². The molecule has 2 heterocycles. The minimum absolute atomic E-state index is 0.201. The van der Waals surface area contributed by atoms with Gasteiger partial charge < -0.3 is 5.32 Å². The van der Waals surface area contributed by atoms with Crippen LogP contribution in [0, 0.1) is 0 Å². The Kier molecular flexibility index (Phi) is 5.95. The van der Waals surface area contributed by atoms with Crippen LogP contribution >= 0.6 is 11.8 Å². The van der Waals surface area contributed by atoms with E-state index in [1.54, 1.807) is 42.5 Å². The molecule has 1 amide bonds. The normalized spacial score (nSPS) is 11.5. The topological polar surface area (TPSA) is 76.9 Å². The number of benzene rings is 2. The Bertz CT molecular complexity index is 1340. The molecule has 10 heteroatoms. The van der Waals surface area contributed by atoms with Crippen LogP contribution in [0.25, 0.3) is 16.7 Å². The molecule has 0 unspecified atom stereocenters. The number of carbonyl (C=O) groups excluding carboxylic acids is 1. The number of halogens is 3. The summed E-state index contributed by atoms with van der Waals surface area (Å²) in [5.74, 6) is -0.925. The molecule has 0 fully saturated rings. The fourth-order valence-corrected chi connectivity index (χ4v) is 3.86. The molecule has 162 valence electrons. The fourth-order valence-electron chi connectivity index (χ4n) is 3.06. The number of anilines is 1. The van der Waals surface area contributed by atoms with E-state index in [1.165, 1.54) is 29.0 Å². The van der Waals surface area contributed by atoms with Crippen molar-refractivity contribution in [2.24, 2.45) is 0 Å². The van der Waals surface area contributed by atoms with Crippen molar-refractivity contribution in [2.75, 3.05) is 11.1 Å². The minimum atomic E-state index is -4.60. The lowest BCUT2D eigenvalue weighted by atomic mass is 10.1. The van der Waals surface area contributed by atoms with Crippen LogP contribution in [0.3, 0.4) is 0 Å². The zero-order valence-electron chi connectivity index (χ0n) is 16.3. The lowest BCUT2D eigenvalue weighted by Gasteiger charge is -2.14. The van der Waals surface area contributed by atoms with Crippen molar-refractivity contribution < 1.29 is 18.0 Å². The van der Waals surface area contributed by atoms with Crippen LogP contribution in [0.2, 0.25) is 0 Å². The number of carbonyl (C=O) groups is 1. The molecule has 4 rings (SSSR count). The van der Waals surface area contributed by atoms with Crippen molar-refractivity contribution in [2.45, 2.75) is 11.3 Å². The number of thioether (sulfide) groups is 1. The van der Waals surface area contributed by atoms with Crippen LogP contribution in [0.5, 0.6) is 0 Å². The maximum absolute atomic E-state index is 13.2. The molecule has 0 spiro atoms. The Morgan fingerprint density at radius 1 is 1.00 bits per heavy atom. The van der Waals surface area contributed by atoms with Crippen molar-refractivity contribution in [1.82, 2.24) is 14.5 Å². The van der Waals surface area contributed by atoms with Crippen molar-refractivity contribution in [3.8, 4) is 5.69 Å². The van der Waals surface area contributed by atoms with Crippen LogP contribution < -0.4 is 10.9 Å². The molecule has 0 saturated carbocycles. The smallest absolute Gasteiger partial charge is 0.325 e. The Balaban J connectivity index is 1.64. The maximum Gasteiger partial charge on any atom is 0.418 e. The quantitative estimate of drug-likeness (QED) is 0.353. The average molecular weight is 456 g/mol. The second-order valence-electron chi connectivity index (χ2n) is 6.63. The number of amides is 1. The first-order chi connectivity index (χ1) is 15.3. The summed E-state index contributed by atoms with van der Waals surface area (Å²) in [7, 11) is 0. The van der Waals surface area contributed by atoms with Crippen molar-refractivity contribution in [1.29, 1.82) is 0 Å². The second-order valence-corrected chi connectivity index (χ2v) is 7.57. The van der Waals surface area contributed by atoms with Gasteiger partial charge in [0.05, 0.1) is 28.1 Å². The van der Waals surface area contributed by atoms with Gasteiger partial charge in [0.1, 0.15) is 0 Å². The van der Waals surface area contributed by atoms with Gasteiger partial charge in [0.2, 0.25) is 5.91 Å². The molecule has 0 bridgehead atoms. The van der Waals surface area contributed by atoms with E-state index in [4.69, 9.17) is 0 Å². The number of rotatable bonds is 5. The molecule has 0 aliphatic carbocycles. The van der Waals surface area contributed by atoms with Crippen LogP contribution in [-0.2, 0) is 11.0 Å². The molecule has 2 aromatic heterocycles. The van der Waals surface area contributed by atoms with Gasteiger partial charge in [-0.05, 0) is 36.4 Å². The number of hydrogen-bond acceptors (Lipinski definition) is 5. The highest BCUT2D eigenvalue weighted by Crippen LogP contribution is 2.34. The summed E-state index contributed by atoms with van der Waals surface area (Å²) in [4.78, 5) is 34.0. The molecule has 0 saturated heterocycles. The molecular formula is C22H15F3N4O2S. The number of hydrogen-bond donors (Lipinski definition) is 1. The number of para-hydroxylation sites is 2. The number of fused-ring (bicyclic) bond motifs is 1. The summed E-state index contributed by atoms with van der Waals surface area (Å²) in [5.41, 5.74) is -0.873. The number of aromatic nitrogens is 3. The van der Waals surface area contributed by atoms with Gasteiger partial charge in [-0.15, -0.1) is 0 Å². The molecule has 32 heavy (non-hydrogen) atoms. The van der Waals surface area contributed by atoms with Crippen LogP contribution in [0.4, 0.5) is 18.9 Å². The number of pyridine rings is 1. The molecule has 6 nitrogen and oxygen atoms in total. The van der Waals surface area contributed by atoms with E-state index in [0.717, 1.165) is 17.8 Å². The first-order valence-electron chi connectivity index (χ1n) is 9.36. The zero-order valence-corrected chi connectivity index (χ0v) is 17.2. The highest BCUT2D eigenvalue weighted by Gasteiger charge is 2.33. The van der Waals surface area contributed by atoms with E-state index in [2.05, 4.69) is 15.3 Å². The van der Waals surface area contributed by atoms with E-state index in [9.17, 15) is 22.8 Å². The van der Waals surface area contributed by atoms with Gasteiger partial charge in [-0.2, -0.15) is 13.2 Å². The van der Waals surface area contributed by atoms with Gasteiger partial charge in [0.25, 0.3) is 5.56 Å². The first-order valence-corrected chi connectivity index (χ1v) is 10.4. The standard InChI is InChI=1S/C22H15F3N4O2S/c23-22(24,25)16-10-4-5-11-17(16)27-18(30)13-32-21-28-19-15(9-6-12-26-19)20(31)29(21)14-7-2-1-3-8-14/h1-12H,13H2,(H,27,30). The Morgan fingerprint density at radius 3 is 2.47 bits per heavy atom. The second kappa shape index (κ2) is 8.83. The number of nitrogens with one attached hydrogen (secondary N) is 1. The summed E-state index contributed by atoms with van der Waals surface area (Å²) >= 11 is 0.930. The van der Waals surface area contributed by atoms with Crippen LogP contribution in [0.15, 0.2) is 82.9 Å². The summed E-state index contributed by atoms with van der Waals surface area (Å²) in [5, 5.41) is 2.80. The van der Waals surface area contributed by atoms with E-state index in [0.29, 0.717) is 11.1 Å². The van der Waals surface area contributed by atoms with Crippen LogP contribution in [0.1, 0.15) is 5.56 Å². The summed E-state index contributed by atoms with van der Waals surface area (Å²) in [6.45, 7) is 0.